The average molecular weight is 313 g/mol. The molecule has 0 aliphatic carbocycles. The smallest absolute Gasteiger partial charge is 0.326 e. The summed E-state index contributed by atoms with van der Waals surface area (Å²) in [7, 11) is 0. The molecule has 1 aliphatic heterocycles. The number of carboxylic acids is 1. The molecule has 6 heteroatoms. The van der Waals surface area contributed by atoms with Gasteiger partial charge in [0.1, 0.15) is 6.04 Å². The van der Waals surface area contributed by atoms with Crippen LogP contribution in [-0.4, -0.2) is 44.3 Å². The minimum Gasteiger partial charge on any atom is -0.480 e. The predicted octanol–water partition coefficient (Wildman–Crippen LogP) is 2.26. The summed E-state index contributed by atoms with van der Waals surface area (Å²) < 4.78 is 1.74. The minimum absolute atomic E-state index is 0.216. The monoisotopic (exact) mass is 313 g/mol. The van der Waals surface area contributed by atoms with E-state index in [0.29, 0.717) is 18.5 Å². The number of carboxylic acid groups (broad SMARTS) is 1. The molecule has 2 aromatic rings. The van der Waals surface area contributed by atoms with Crippen LogP contribution in [0.3, 0.4) is 0 Å². The van der Waals surface area contributed by atoms with Crippen molar-refractivity contribution in [3.8, 4) is 5.69 Å². The van der Waals surface area contributed by atoms with Crippen LogP contribution in [0.2, 0.25) is 0 Å². The number of rotatable bonds is 3. The predicted molar refractivity (Wildman–Crippen MR) is 84.6 cm³/mol. The van der Waals surface area contributed by atoms with Gasteiger partial charge in [-0.2, -0.15) is 5.10 Å². The highest BCUT2D eigenvalue weighted by Gasteiger charge is 2.32. The lowest BCUT2D eigenvalue weighted by Gasteiger charge is -2.33. The van der Waals surface area contributed by atoms with E-state index in [1.54, 1.807) is 23.0 Å². The molecule has 1 fully saturated rings. The van der Waals surface area contributed by atoms with Gasteiger partial charge in [0.2, 0.25) is 0 Å². The van der Waals surface area contributed by atoms with E-state index in [1.165, 1.54) is 4.90 Å². The highest BCUT2D eigenvalue weighted by Crippen LogP contribution is 2.22. The number of carbonyl (C=O) groups excluding carboxylic acids is 1. The number of nitrogens with zero attached hydrogens (tertiary/aromatic N) is 3. The Balaban J connectivity index is 1.87. The number of amides is 1. The Bertz CT molecular complexity index is 725. The minimum atomic E-state index is -0.928. The summed E-state index contributed by atoms with van der Waals surface area (Å²) in [6.45, 7) is 2.41. The summed E-state index contributed by atoms with van der Waals surface area (Å²) >= 11 is 0. The van der Waals surface area contributed by atoms with Crippen LogP contribution >= 0.6 is 0 Å². The Morgan fingerprint density at radius 1 is 1.30 bits per heavy atom. The van der Waals surface area contributed by atoms with Crippen molar-refractivity contribution >= 4 is 11.9 Å². The van der Waals surface area contributed by atoms with Gasteiger partial charge in [0, 0.05) is 24.5 Å². The van der Waals surface area contributed by atoms with Crippen LogP contribution in [0.5, 0.6) is 0 Å². The van der Waals surface area contributed by atoms with Gasteiger partial charge < -0.3 is 10.0 Å². The van der Waals surface area contributed by atoms with Gasteiger partial charge in [0.25, 0.3) is 5.91 Å². The third-order valence-corrected chi connectivity index (χ3v) is 4.24. The van der Waals surface area contributed by atoms with E-state index in [-0.39, 0.29) is 5.91 Å². The average Bonchev–Trinajstić information content (AvgIpc) is 3.08. The van der Waals surface area contributed by atoms with Gasteiger partial charge >= 0.3 is 5.97 Å². The Labute approximate surface area is 134 Å². The fourth-order valence-electron chi connectivity index (χ4n) is 3.05. The first-order valence-electron chi connectivity index (χ1n) is 7.72. The van der Waals surface area contributed by atoms with Crippen LogP contribution in [0.4, 0.5) is 0 Å². The lowest BCUT2D eigenvalue weighted by Crippen LogP contribution is -2.48. The zero-order valence-electron chi connectivity index (χ0n) is 13.0. The van der Waals surface area contributed by atoms with Crippen LogP contribution in [0.1, 0.15) is 35.2 Å². The number of hydrogen-bond donors (Lipinski definition) is 1. The molecule has 1 amide bonds. The zero-order chi connectivity index (χ0) is 16.4. The largest absolute Gasteiger partial charge is 0.480 e. The molecule has 1 aromatic carbocycles. The standard InChI is InChI=1S/C17H19N3O3/c1-12-11-13(6-7-14(12)20-10-4-8-18-20)16(21)19-9-3-2-5-15(19)17(22)23/h4,6-8,10-11,15H,2-3,5,9H2,1H3,(H,22,23)/t15-/m1/s1. The normalized spacial score (nSPS) is 18.0. The second-order valence-corrected chi connectivity index (χ2v) is 5.80. The number of piperidine rings is 1. The molecular formula is C17H19N3O3. The first-order valence-corrected chi connectivity index (χ1v) is 7.72. The van der Waals surface area contributed by atoms with E-state index in [4.69, 9.17) is 0 Å². The summed E-state index contributed by atoms with van der Waals surface area (Å²) in [6, 6.07) is 6.49. The van der Waals surface area contributed by atoms with Gasteiger partial charge in [-0.3, -0.25) is 4.79 Å². The van der Waals surface area contributed by atoms with Crippen molar-refractivity contribution in [2.45, 2.75) is 32.2 Å². The van der Waals surface area contributed by atoms with Crippen molar-refractivity contribution in [2.24, 2.45) is 0 Å². The fourth-order valence-corrected chi connectivity index (χ4v) is 3.05. The number of likely N-dealkylation sites (tertiary alicyclic amines) is 1. The first-order chi connectivity index (χ1) is 11.1. The Hall–Kier alpha value is -2.63. The lowest BCUT2D eigenvalue weighted by molar-refractivity contribution is -0.143. The molecule has 1 atom stereocenters. The van der Waals surface area contributed by atoms with Crippen molar-refractivity contribution < 1.29 is 14.7 Å². The van der Waals surface area contributed by atoms with Gasteiger partial charge in [-0.1, -0.05) is 0 Å². The summed E-state index contributed by atoms with van der Waals surface area (Å²) in [5.74, 6) is -1.14. The maximum Gasteiger partial charge on any atom is 0.326 e. The van der Waals surface area contributed by atoms with Crippen molar-refractivity contribution in [3.63, 3.8) is 0 Å². The quantitative estimate of drug-likeness (QED) is 0.943. The van der Waals surface area contributed by atoms with Gasteiger partial charge in [-0.25, -0.2) is 9.48 Å². The van der Waals surface area contributed by atoms with E-state index in [9.17, 15) is 14.7 Å². The third-order valence-electron chi connectivity index (χ3n) is 4.24. The van der Waals surface area contributed by atoms with Gasteiger partial charge in [0.05, 0.1) is 5.69 Å². The van der Waals surface area contributed by atoms with Crippen LogP contribution in [0.25, 0.3) is 5.69 Å². The molecule has 23 heavy (non-hydrogen) atoms. The maximum atomic E-state index is 12.7. The molecule has 1 aromatic heterocycles. The molecule has 1 aliphatic rings. The van der Waals surface area contributed by atoms with E-state index in [0.717, 1.165) is 24.1 Å². The number of aliphatic carboxylic acids is 1. The molecule has 0 unspecified atom stereocenters. The number of benzene rings is 1. The summed E-state index contributed by atoms with van der Waals surface area (Å²) in [6.07, 6.45) is 5.75. The van der Waals surface area contributed by atoms with Crippen molar-refractivity contribution in [3.05, 3.63) is 47.8 Å². The highest BCUT2D eigenvalue weighted by molar-refractivity contribution is 5.97. The van der Waals surface area contributed by atoms with E-state index in [1.807, 2.05) is 25.3 Å². The lowest BCUT2D eigenvalue weighted by atomic mass is 10.00. The molecule has 2 heterocycles. The molecule has 1 N–H and O–H groups in total. The first kappa shape index (κ1) is 15.3. The third kappa shape index (κ3) is 2.97. The Morgan fingerprint density at radius 2 is 2.13 bits per heavy atom. The van der Waals surface area contributed by atoms with Gasteiger partial charge in [0.15, 0.2) is 0 Å². The molecule has 0 saturated carbocycles. The molecule has 3 rings (SSSR count). The second kappa shape index (κ2) is 6.24. The number of aryl methyl sites for hydroxylation is 1. The molecule has 120 valence electrons. The van der Waals surface area contributed by atoms with Gasteiger partial charge in [-0.05, 0) is 56.0 Å². The summed E-state index contributed by atoms with van der Waals surface area (Å²) in [5.41, 5.74) is 2.34. The van der Waals surface area contributed by atoms with Crippen LogP contribution in [0.15, 0.2) is 36.7 Å². The highest BCUT2D eigenvalue weighted by atomic mass is 16.4. The summed E-state index contributed by atoms with van der Waals surface area (Å²) in [4.78, 5) is 25.6. The topological polar surface area (TPSA) is 75.4 Å². The van der Waals surface area contributed by atoms with Crippen LogP contribution in [0, 0.1) is 6.92 Å². The Kier molecular flexibility index (Phi) is 4.14. The molecule has 0 bridgehead atoms. The van der Waals surface area contributed by atoms with Crippen molar-refractivity contribution in [1.82, 2.24) is 14.7 Å². The number of carbonyl (C=O) groups is 2. The van der Waals surface area contributed by atoms with E-state index < -0.39 is 12.0 Å². The Morgan fingerprint density at radius 3 is 2.78 bits per heavy atom. The van der Waals surface area contributed by atoms with E-state index in [2.05, 4.69) is 5.10 Å². The maximum absolute atomic E-state index is 12.7. The zero-order valence-corrected chi connectivity index (χ0v) is 13.0. The molecular weight excluding hydrogens is 294 g/mol. The molecule has 6 nitrogen and oxygen atoms in total. The molecule has 1 saturated heterocycles. The number of hydrogen-bond acceptors (Lipinski definition) is 3. The van der Waals surface area contributed by atoms with Gasteiger partial charge in [-0.15, -0.1) is 0 Å². The van der Waals surface area contributed by atoms with E-state index >= 15 is 0 Å². The number of aromatic nitrogens is 2. The molecule has 0 spiro atoms. The molecule has 0 radical (unpaired) electrons. The van der Waals surface area contributed by atoms with Crippen molar-refractivity contribution in [2.75, 3.05) is 6.54 Å². The van der Waals surface area contributed by atoms with Crippen molar-refractivity contribution in [1.29, 1.82) is 0 Å². The summed E-state index contributed by atoms with van der Waals surface area (Å²) in [5, 5.41) is 13.5. The SMILES string of the molecule is Cc1cc(C(=O)N2CCCC[C@@H]2C(=O)O)ccc1-n1cccn1. The second-order valence-electron chi connectivity index (χ2n) is 5.80. The van der Waals surface area contributed by atoms with Crippen LogP contribution in [-0.2, 0) is 4.79 Å². The van der Waals surface area contributed by atoms with Crippen LogP contribution < -0.4 is 0 Å². The fraction of sp³-hybridized carbons (Fsp3) is 0.353.